The lowest BCUT2D eigenvalue weighted by Crippen LogP contribution is -2.25. The summed E-state index contributed by atoms with van der Waals surface area (Å²) in [6, 6.07) is 13.6. The molecule has 0 aliphatic carbocycles. The number of amides is 1. The number of hydrazone groups is 1. The molecule has 2 aromatic rings. The highest BCUT2D eigenvalue weighted by Crippen LogP contribution is 2.19. The number of nitrogens with one attached hydrogen (secondary N) is 1. The van der Waals surface area contributed by atoms with Gasteiger partial charge in [0.15, 0.2) is 6.61 Å². The van der Waals surface area contributed by atoms with Crippen LogP contribution in [0.15, 0.2) is 53.6 Å². The van der Waals surface area contributed by atoms with Crippen molar-refractivity contribution in [1.29, 1.82) is 0 Å². The maximum absolute atomic E-state index is 11.8. The fraction of sp³-hybridized carbons (Fsp3) is 0.333. The predicted molar refractivity (Wildman–Crippen MR) is 114 cm³/mol. The van der Waals surface area contributed by atoms with Gasteiger partial charge in [-0.05, 0) is 36.6 Å². The Bertz CT molecular complexity index is 831. The van der Waals surface area contributed by atoms with E-state index in [0.29, 0.717) is 0 Å². The van der Waals surface area contributed by atoms with Crippen molar-refractivity contribution in [1.82, 2.24) is 5.43 Å². The van der Waals surface area contributed by atoms with Crippen LogP contribution in [0.2, 0.25) is 0 Å². The zero-order valence-corrected chi connectivity index (χ0v) is 16.7. The van der Waals surface area contributed by atoms with E-state index >= 15 is 0 Å². The highest BCUT2D eigenvalue weighted by Gasteiger charge is 2.08. The molecular formula is C21H26N4O4. The van der Waals surface area contributed by atoms with Gasteiger partial charge in [-0.1, -0.05) is 32.0 Å². The van der Waals surface area contributed by atoms with E-state index < -0.39 is 10.8 Å². The molecule has 0 bridgehead atoms. The second-order valence-electron chi connectivity index (χ2n) is 6.41. The first-order valence-electron chi connectivity index (χ1n) is 9.57. The van der Waals surface area contributed by atoms with Crippen LogP contribution in [0.25, 0.3) is 0 Å². The lowest BCUT2D eigenvalue weighted by Gasteiger charge is -2.23. The number of hydrogen-bond donors (Lipinski definition) is 1. The van der Waals surface area contributed by atoms with E-state index in [0.717, 1.165) is 31.5 Å². The average Bonchev–Trinajstić information content (AvgIpc) is 2.73. The van der Waals surface area contributed by atoms with Gasteiger partial charge < -0.3 is 9.64 Å². The molecular weight excluding hydrogens is 372 g/mol. The third-order valence-corrected chi connectivity index (χ3v) is 4.05. The first-order chi connectivity index (χ1) is 14.0. The number of carbonyl (C=O) groups excluding carboxylic acids is 1. The third-order valence-electron chi connectivity index (χ3n) is 4.05. The Labute approximate surface area is 170 Å². The Balaban J connectivity index is 1.83. The molecule has 2 aromatic carbocycles. The Morgan fingerprint density at radius 3 is 2.48 bits per heavy atom. The Kier molecular flexibility index (Phi) is 8.62. The minimum absolute atomic E-state index is 0.0965. The van der Waals surface area contributed by atoms with Crippen LogP contribution in [0.3, 0.4) is 0 Å². The zero-order valence-electron chi connectivity index (χ0n) is 16.7. The van der Waals surface area contributed by atoms with Crippen molar-refractivity contribution in [2.24, 2.45) is 5.10 Å². The fourth-order valence-corrected chi connectivity index (χ4v) is 2.73. The van der Waals surface area contributed by atoms with Crippen molar-refractivity contribution >= 4 is 23.5 Å². The van der Waals surface area contributed by atoms with Crippen LogP contribution in [-0.2, 0) is 4.79 Å². The monoisotopic (exact) mass is 398 g/mol. The number of nitrogens with zero attached hydrogens (tertiary/aromatic N) is 3. The lowest BCUT2D eigenvalue weighted by atomic mass is 10.2. The molecule has 0 saturated heterocycles. The van der Waals surface area contributed by atoms with Crippen molar-refractivity contribution in [3.05, 3.63) is 64.2 Å². The number of non-ortho nitro benzene ring substituents is 1. The summed E-state index contributed by atoms with van der Waals surface area (Å²) in [5.41, 5.74) is 4.31. The molecule has 1 amide bonds. The maximum Gasteiger partial charge on any atom is 0.277 e. The van der Waals surface area contributed by atoms with Gasteiger partial charge in [0.2, 0.25) is 0 Å². The van der Waals surface area contributed by atoms with Crippen LogP contribution < -0.4 is 15.1 Å². The summed E-state index contributed by atoms with van der Waals surface area (Å²) < 4.78 is 5.25. The largest absolute Gasteiger partial charge is 0.483 e. The molecule has 8 nitrogen and oxygen atoms in total. The molecule has 0 aromatic heterocycles. The molecule has 0 unspecified atom stereocenters. The van der Waals surface area contributed by atoms with E-state index in [1.165, 1.54) is 23.9 Å². The molecule has 0 aliphatic rings. The van der Waals surface area contributed by atoms with Gasteiger partial charge in [-0.2, -0.15) is 5.10 Å². The number of ether oxygens (including phenoxy) is 1. The summed E-state index contributed by atoms with van der Waals surface area (Å²) in [7, 11) is 0. The third kappa shape index (κ3) is 7.25. The summed E-state index contributed by atoms with van der Waals surface area (Å²) in [6.45, 7) is 6.06. The van der Waals surface area contributed by atoms with Gasteiger partial charge in [0.1, 0.15) is 5.75 Å². The van der Waals surface area contributed by atoms with E-state index in [2.05, 4.69) is 29.3 Å². The molecule has 0 atom stereocenters. The normalized spacial score (nSPS) is 10.7. The molecule has 29 heavy (non-hydrogen) atoms. The highest BCUT2D eigenvalue weighted by atomic mass is 16.6. The van der Waals surface area contributed by atoms with Crippen LogP contribution in [0.5, 0.6) is 5.75 Å². The molecule has 0 radical (unpaired) electrons. The lowest BCUT2D eigenvalue weighted by molar-refractivity contribution is -0.384. The predicted octanol–water partition coefficient (Wildman–Crippen LogP) is 3.75. The van der Waals surface area contributed by atoms with E-state index in [1.54, 1.807) is 12.3 Å². The average molecular weight is 398 g/mol. The van der Waals surface area contributed by atoms with Gasteiger partial charge in [-0.3, -0.25) is 14.9 Å². The first-order valence-corrected chi connectivity index (χ1v) is 9.57. The second-order valence-corrected chi connectivity index (χ2v) is 6.41. The number of hydrogen-bond acceptors (Lipinski definition) is 6. The quantitative estimate of drug-likeness (QED) is 0.353. The second kappa shape index (κ2) is 11.4. The Hall–Kier alpha value is -3.42. The van der Waals surface area contributed by atoms with Gasteiger partial charge in [0.05, 0.1) is 17.2 Å². The van der Waals surface area contributed by atoms with Gasteiger partial charge in [-0.15, -0.1) is 0 Å². The van der Waals surface area contributed by atoms with Gasteiger partial charge in [0, 0.05) is 24.8 Å². The molecule has 0 heterocycles. The minimum atomic E-state index is -0.522. The molecule has 0 fully saturated rings. The molecule has 154 valence electrons. The summed E-state index contributed by atoms with van der Waals surface area (Å²) in [4.78, 5) is 24.4. The van der Waals surface area contributed by atoms with E-state index in [4.69, 9.17) is 4.74 Å². The fourth-order valence-electron chi connectivity index (χ4n) is 2.73. The van der Waals surface area contributed by atoms with Gasteiger partial charge in [0.25, 0.3) is 11.6 Å². The number of carbonyl (C=O) groups is 1. The van der Waals surface area contributed by atoms with Crippen LogP contribution >= 0.6 is 0 Å². The number of rotatable bonds is 11. The zero-order chi connectivity index (χ0) is 21.1. The van der Waals surface area contributed by atoms with Crippen LogP contribution in [0.4, 0.5) is 11.4 Å². The van der Waals surface area contributed by atoms with Crippen molar-refractivity contribution in [3.63, 3.8) is 0 Å². The Morgan fingerprint density at radius 2 is 1.86 bits per heavy atom. The van der Waals surface area contributed by atoms with E-state index in [1.807, 2.05) is 24.3 Å². The number of nitro groups is 1. The van der Waals surface area contributed by atoms with E-state index in [-0.39, 0.29) is 18.0 Å². The number of nitro benzene ring substituents is 1. The molecule has 0 saturated carbocycles. The molecule has 2 rings (SSSR count). The maximum atomic E-state index is 11.8. The summed E-state index contributed by atoms with van der Waals surface area (Å²) in [6.07, 6.45) is 3.74. The molecule has 0 aliphatic heterocycles. The van der Waals surface area contributed by atoms with Gasteiger partial charge >= 0.3 is 0 Å². The van der Waals surface area contributed by atoms with Crippen molar-refractivity contribution in [2.75, 3.05) is 24.6 Å². The topological polar surface area (TPSA) is 97.1 Å². The van der Waals surface area contributed by atoms with Crippen LogP contribution in [0, 0.1) is 10.1 Å². The number of anilines is 1. The highest BCUT2D eigenvalue weighted by molar-refractivity contribution is 5.83. The summed E-state index contributed by atoms with van der Waals surface area (Å²) >= 11 is 0. The number of benzene rings is 2. The van der Waals surface area contributed by atoms with E-state index in [9.17, 15) is 14.9 Å². The molecule has 0 spiro atoms. The van der Waals surface area contributed by atoms with Crippen LogP contribution in [-0.4, -0.2) is 36.7 Å². The smallest absolute Gasteiger partial charge is 0.277 e. The Morgan fingerprint density at radius 1 is 1.17 bits per heavy atom. The van der Waals surface area contributed by atoms with Crippen molar-refractivity contribution < 1.29 is 14.5 Å². The van der Waals surface area contributed by atoms with Gasteiger partial charge in [-0.25, -0.2) is 5.43 Å². The molecule has 8 heteroatoms. The molecule has 1 N–H and O–H groups in total. The SMILES string of the molecule is CCCN(CCC)c1ccc(/C=N\NC(=O)COc2cccc([N+](=O)[O-])c2)cc1. The van der Waals surface area contributed by atoms with Crippen LogP contribution in [0.1, 0.15) is 32.3 Å². The van der Waals surface area contributed by atoms with Crippen molar-refractivity contribution in [2.45, 2.75) is 26.7 Å². The first kappa shape index (κ1) is 21.9. The minimum Gasteiger partial charge on any atom is -0.483 e. The standard InChI is InChI=1S/C21H26N4O4/c1-3-12-24(13-4-2)18-10-8-17(9-11-18)15-22-23-21(26)16-29-20-7-5-6-19(14-20)25(27)28/h5-11,14-15H,3-4,12-13,16H2,1-2H3,(H,23,26)/b22-15-. The summed E-state index contributed by atoms with van der Waals surface area (Å²) in [5.74, 6) is -0.209. The van der Waals surface area contributed by atoms with Crippen molar-refractivity contribution in [3.8, 4) is 5.75 Å². The summed E-state index contributed by atoms with van der Waals surface area (Å²) in [5, 5.41) is 14.7.